The standard InChI is InChI=1S/C8H13N3O2/c9-7-1-2-11(10-7)3-8(4-12)5-13-6-8/h1-2,12H,3-6H2,(H2,9,10). The molecule has 1 aromatic heterocycles. The zero-order valence-electron chi connectivity index (χ0n) is 7.31. The van der Waals surface area contributed by atoms with Crippen LogP contribution in [-0.4, -0.2) is 34.7 Å². The summed E-state index contributed by atoms with van der Waals surface area (Å²) in [5.74, 6) is 0.508. The number of aliphatic hydroxyl groups excluding tert-OH is 1. The van der Waals surface area contributed by atoms with Gasteiger partial charge in [0.05, 0.1) is 31.8 Å². The lowest BCUT2D eigenvalue weighted by Gasteiger charge is -2.39. The van der Waals surface area contributed by atoms with Crippen LogP contribution in [0.15, 0.2) is 12.3 Å². The van der Waals surface area contributed by atoms with Gasteiger partial charge in [0.1, 0.15) is 5.82 Å². The number of aliphatic hydroxyl groups is 1. The van der Waals surface area contributed by atoms with Gasteiger partial charge in [-0.15, -0.1) is 0 Å². The molecule has 0 bridgehead atoms. The van der Waals surface area contributed by atoms with Crippen LogP contribution in [0.3, 0.4) is 0 Å². The summed E-state index contributed by atoms with van der Waals surface area (Å²) in [4.78, 5) is 0. The molecule has 1 fully saturated rings. The normalized spacial score (nSPS) is 19.8. The Morgan fingerprint density at radius 2 is 2.46 bits per heavy atom. The fourth-order valence-electron chi connectivity index (χ4n) is 1.43. The first-order valence-electron chi connectivity index (χ1n) is 4.22. The number of nitrogens with zero attached hydrogens (tertiary/aromatic N) is 2. The van der Waals surface area contributed by atoms with E-state index in [9.17, 15) is 0 Å². The predicted octanol–water partition coefficient (Wildman–Crippen LogP) is -0.526. The maximum absolute atomic E-state index is 9.15. The number of nitrogens with two attached hydrogens (primary N) is 1. The van der Waals surface area contributed by atoms with Crippen LogP contribution in [0.4, 0.5) is 5.82 Å². The highest BCUT2D eigenvalue weighted by molar-refractivity contribution is 5.23. The second-order valence-electron chi connectivity index (χ2n) is 3.59. The van der Waals surface area contributed by atoms with Crippen molar-refractivity contribution in [1.82, 2.24) is 9.78 Å². The van der Waals surface area contributed by atoms with Crippen molar-refractivity contribution in [1.29, 1.82) is 0 Å². The number of rotatable bonds is 3. The Morgan fingerprint density at radius 1 is 1.69 bits per heavy atom. The molecular formula is C8H13N3O2. The van der Waals surface area contributed by atoms with E-state index in [1.54, 1.807) is 10.7 Å². The van der Waals surface area contributed by atoms with E-state index in [1.807, 2.05) is 6.20 Å². The molecule has 0 saturated carbocycles. The summed E-state index contributed by atoms with van der Waals surface area (Å²) >= 11 is 0. The largest absolute Gasteiger partial charge is 0.396 e. The summed E-state index contributed by atoms with van der Waals surface area (Å²) in [5.41, 5.74) is 5.33. The van der Waals surface area contributed by atoms with Gasteiger partial charge in [0, 0.05) is 6.20 Å². The Balaban J connectivity index is 2.04. The third kappa shape index (κ3) is 1.52. The first-order chi connectivity index (χ1) is 6.24. The molecule has 0 radical (unpaired) electrons. The molecule has 72 valence electrons. The van der Waals surface area contributed by atoms with Gasteiger partial charge >= 0.3 is 0 Å². The third-order valence-corrected chi connectivity index (χ3v) is 2.31. The number of hydrogen-bond acceptors (Lipinski definition) is 4. The van der Waals surface area contributed by atoms with Crippen molar-refractivity contribution < 1.29 is 9.84 Å². The van der Waals surface area contributed by atoms with Crippen molar-refractivity contribution in [3.63, 3.8) is 0 Å². The second kappa shape index (κ2) is 3.01. The van der Waals surface area contributed by atoms with Gasteiger partial charge < -0.3 is 15.6 Å². The summed E-state index contributed by atoms with van der Waals surface area (Å²) in [7, 11) is 0. The van der Waals surface area contributed by atoms with Gasteiger partial charge in [-0.05, 0) is 6.07 Å². The van der Waals surface area contributed by atoms with Gasteiger partial charge in [-0.2, -0.15) is 5.10 Å². The molecule has 13 heavy (non-hydrogen) atoms. The molecule has 1 aromatic rings. The molecule has 0 aromatic carbocycles. The minimum absolute atomic E-state index is 0.132. The highest BCUT2D eigenvalue weighted by atomic mass is 16.5. The van der Waals surface area contributed by atoms with E-state index in [2.05, 4.69) is 5.10 Å². The molecule has 2 rings (SSSR count). The molecule has 0 spiro atoms. The minimum atomic E-state index is -0.140. The van der Waals surface area contributed by atoms with Crippen molar-refractivity contribution >= 4 is 5.82 Å². The van der Waals surface area contributed by atoms with E-state index in [4.69, 9.17) is 15.6 Å². The Hall–Kier alpha value is -1.07. The fourth-order valence-corrected chi connectivity index (χ4v) is 1.43. The van der Waals surface area contributed by atoms with Crippen molar-refractivity contribution in [3.8, 4) is 0 Å². The third-order valence-electron chi connectivity index (χ3n) is 2.31. The van der Waals surface area contributed by atoms with Crippen LogP contribution in [-0.2, 0) is 11.3 Å². The number of nitrogen functional groups attached to an aromatic ring is 1. The smallest absolute Gasteiger partial charge is 0.145 e. The van der Waals surface area contributed by atoms with E-state index in [0.29, 0.717) is 25.6 Å². The van der Waals surface area contributed by atoms with E-state index in [-0.39, 0.29) is 12.0 Å². The van der Waals surface area contributed by atoms with Crippen molar-refractivity contribution in [2.45, 2.75) is 6.54 Å². The number of aromatic nitrogens is 2. The molecule has 1 aliphatic heterocycles. The van der Waals surface area contributed by atoms with Crippen LogP contribution in [0.2, 0.25) is 0 Å². The maximum Gasteiger partial charge on any atom is 0.145 e. The lowest BCUT2D eigenvalue weighted by atomic mass is 9.87. The first-order valence-corrected chi connectivity index (χ1v) is 4.22. The van der Waals surface area contributed by atoms with Crippen LogP contribution in [0.5, 0.6) is 0 Å². The zero-order valence-corrected chi connectivity index (χ0v) is 7.31. The molecular weight excluding hydrogens is 170 g/mol. The molecule has 1 saturated heterocycles. The van der Waals surface area contributed by atoms with Crippen molar-refractivity contribution in [3.05, 3.63) is 12.3 Å². The first kappa shape index (κ1) is 8.52. The van der Waals surface area contributed by atoms with Crippen LogP contribution < -0.4 is 5.73 Å². The minimum Gasteiger partial charge on any atom is -0.396 e. The second-order valence-corrected chi connectivity index (χ2v) is 3.59. The highest BCUT2D eigenvalue weighted by Crippen LogP contribution is 2.28. The van der Waals surface area contributed by atoms with E-state index in [0.717, 1.165) is 0 Å². The Bertz CT molecular complexity index is 288. The molecule has 5 heteroatoms. The Labute approximate surface area is 76.1 Å². The average molecular weight is 183 g/mol. The highest BCUT2D eigenvalue weighted by Gasteiger charge is 2.38. The van der Waals surface area contributed by atoms with Crippen LogP contribution in [0, 0.1) is 5.41 Å². The van der Waals surface area contributed by atoms with Crippen LogP contribution >= 0.6 is 0 Å². The predicted molar refractivity (Wildman–Crippen MR) is 47.0 cm³/mol. The molecule has 0 aliphatic carbocycles. The SMILES string of the molecule is Nc1ccn(CC2(CO)COC2)n1. The van der Waals surface area contributed by atoms with E-state index in [1.165, 1.54) is 0 Å². The molecule has 2 heterocycles. The number of ether oxygens (including phenoxy) is 1. The average Bonchev–Trinajstić information content (AvgIpc) is 2.44. The summed E-state index contributed by atoms with van der Waals surface area (Å²) in [6, 6.07) is 1.74. The van der Waals surface area contributed by atoms with Gasteiger partial charge in [0.15, 0.2) is 0 Å². The molecule has 5 nitrogen and oxygen atoms in total. The number of hydrogen-bond donors (Lipinski definition) is 2. The van der Waals surface area contributed by atoms with Crippen LogP contribution in [0.1, 0.15) is 0 Å². The fraction of sp³-hybridized carbons (Fsp3) is 0.625. The van der Waals surface area contributed by atoms with Gasteiger partial charge in [-0.1, -0.05) is 0 Å². The van der Waals surface area contributed by atoms with Crippen LogP contribution in [0.25, 0.3) is 0 Å². The van der Waals surface area contributed by atoms with E-state index >= 15 is 0 Å². The lowest BCUT2D eigenvalue weighted by Crippen LogP contribution is -2.48. The quantitative estimate of drug-likeness (QED) is 0.661. The molecule has 1 aliphatic rings. The lowest BCUT2D eigenvalue weighted by molar-refractivity contribution is -0.146. The van der Waals surface area contributed by atoms with Gasteiger partial charge in [-0.25, -0.2) is 0 Å². The molecule has 3 N–H and O–H groups in total. The summed E-state index contributed by atoms with van der Waals surface area (Å²) in [5, 5.41) is 13.2. The zero-order chi connectivity index (χ0) is 9.31. The maximum atomic E-state index is 9.15. The summed E-state index contributed by atoms with van der Waals surface area (Å²) in [6.07, 6.45) is 1.81. The summed E-state index contributed by atoms with van der Waals surface area (Å²) in [6.45, 7) is 2.00. The van der Waals surface area contributed by atoms with Crippen molar-refractivity contribution in [2.24, 2.45) is 5.41 Å². The Morgan fingerprint density at radius 3 is 2.85 bits per heavy atom. The molecule has 0 unspecified atom stereocenters. The topological polar surface area (TPSA) is 73.3 Å². The number of anilines is 1. The van der Waals surface area contributed by atoms with Gasteiger partial charge in [0.25, 0.3) is 0 Å². The van der Waals surface area contributed by atoms with E-state index < -0.39 is 0 Å². The van der Waals surface area contributed by atoms with Gasteiger partial charge in [0.2, 0.25) is 0 Å². The Kier molecular flexibility index (Phi) is 1.97. The van der Waals surface area contributed by atoms with Gasteiger partial charge in [-0.3, -0.25) is 4.68 Å². The monoisotopic (exact) mass is 183 g/mol. The van der Waals surface area contributed by atoms with Crippen molar-refractivity contribution in [2.75, 3.05) is 25.6 Å². The molecule has 0 amide bonds. The molecule has 0 atom stereocenters. The summed E-state index contributed by atoms with van der Waals surface area (Å²) < 4.78 is 6.82.